The molecule has 6 rings (SSSR count). The predicted octanol–water partition coefficient (Wildman–Crippen LogP) is 4.26. The topological polar surface area (TPSA) is 62.1 Å². The van der Waals surface area contributed by atoms with Gasteiger partial charge in [-0.05, 0) is 55.5 Å². The van der Waals surface area contributed by atoms with Gasteiger partial charge in [0.1, 0.15) is 17.5 Å². The second-order valence-corrected chi connectivity index (χ2v) is 8.64. The molecule has 4 atom stereocenters. The molecule has 156 valence electrons. The van der Waals surface area contributed by atoms with Crippen molar-refractivity contribution in [1.29, 1.82) is 0 Å². The standard InChI is InChI=1S/C22H22F2N4O2/c1-12(21-10-28(27-26-21)14-6-18-19(7-14)22(18,23)24)30-15-2-3-20-17(8-15)16-4-5-29-11-13(16)9-25-20/h2-3,8-10,12,14,18-19H,4-7,11H2,1H3/t12-,14?,18-,19+/m1/s1. The number of hydrogen-bond donors (Lipinski definition) is 0. The number of rotatable bonds is 4. The fourth-order valence-corrected chi connectivity index (χ4v) is 5.04. The van der Waals surface area contributed by atoms with Gasteiger partial charge < -0.3 is 9.47 Å². The van der Waals surface area contributed by atoms with Crippen LogP contribution in [0, 0.1) is 11.8 Å². The van der Waals surface area contributed by atoms with E-state index in [0.29, 0.717) is 31.7 Å². The van der Waals surface area contributed by atoms with Crippen molar-refractivity contribution in [2.75, 3.05) is 6.61 Å². The molecule has 0 spiro atoms. The van der Waals surface area contributed by atoms with Gasteiger partial charge in [0.05, 0.1) is 31.0 Å². The molecule has 0 radical (unpaired) electrons. The van der Waals surface area contributed by atoms with Crippen LogP contribution in [0.15, 0.2) is 30.6 Å². The van der Waals surface area contributed by atoms with Gasteiger partial charge >= 0.3 is 0 Å². The average molecular weight is 412 g/mol. The van der Waals surface area contributed by atoms with E-state index in [0.717, 1.165) is 28.6 Å². The summed E-state index contributed by atoms with van der Waals surface area (Å²) in [6, 6.07) is 5.91. The molecule has 0 N–H and O–H groups in total. The number of halogens is 2. The first-order chi connectivity index (χ1) is 14.5. The monoisotopic (exact) mass is 412 g/mol. The second kappa shape index (κ2) is 6.44. The molecule has 8 heteroatoms. The number of ether oxygens (including phenoxy) is 2. The third-order valence-corrected chi connectivity index (χ3v) is 6.84. The number of alkyl halides is 2. The maximum atomic E-state index is 13.4. The Kier molecular flexibility index (Phi) is 3.90. The molecule has 2 fully saturated rings. The van der Waals surface area contributed by atoms with Crippen molar-refractivity contribution >= 4 is 10.9 Å². The molecule has 1 aliphatic heterocycles. The number of nitrogens with zero attached hydrogens (tertiary/aromatic N) is 4. The molecule has 3 aliphatic rings. The summed E-state index contributed by atoms with van der Waals surface area (Å²) in [7, 11) is 0. The minimum absolute atomic E-state index is 0.00793. The van der Waals surface area contributed by atoms with E-state index in [4.69, 9.17) is 9.47 Å². The molecule has 2 saturated carbocycles. The van der Waals surface area contributed by atoms with Crippen LogP contribution in [0.1, 0.15) is 48.7 Å². The molecule has 1 aromatic carbocycles. The first kappa shape index (κ1) is 18.2. The van der Waals surface area contributed by atoms with Gasteiger partial charge in [0.2, 0.25) is 0 Å². The fourth-order valence-electron chi connectivity index (χ4n) is 5.04. The number of hydrogen-bond acceptors (Lipinski definition) is 5. The Morgan fingerprint density at radius 2 is 2.10 bits per heavy atom. The van der Waals surface area contributed by atoms with E-state index in [1.54, 1.807) is 4.68 Å². The molecular formula is C22H22F2N4O2. The van der Waals surface area contributed by atoms with Crippen molar-refractivity contribution in [2.24, 2.45) is 11.8 Å². The van der Waals surface area contributed by atoms with Crippen LogP contribution < -0.4 is 4.74 Å². The maximum Gasteiger partial charge on any atom is 0.254 e. The summed E-state index contributed by atoms with van der Waals surface area (Å²) >= 11 is 0. The quantitative estimate of drug-likeness (QED) is 0.641. The minimum atomic E-state index is -2.47. The zero-order valence-electron chi connectivity index (χ0n) is 16.6. The van der Waals surface area contributed by atoms with Gasteiger partial charge in [0, 0.05) is 23.4 Å². The summed E-state index contributed by atoms with van der Waals surface area (Å²) in [6.45, 7) is 3.23. The summed E-state index contributed by atoms with van der Waals surface area (Å²) in [4.78, 5) is 4.53. The van der Waals surface area contributed by atoms with Crippen LogP contribution in [-0.4, -0.2) is 32.5 Å². The Morgan fingerprint density at radius 3 is 2.93 bits per heavy atom. The zero-order valence-corrected chi connectivity index (χ0v) is 16.6. The molecule has 6 nitrogen and oxygen atoms in total. The highest BCUT2D eigenvalue weighted by Crippen LogP contribution is 2.66. The SMILES string of the molecule is C[C@@H](Oc1ccc2ncc3c(c2c1)CCOC3)c1cn(C2C[C@@H]3[C@H](C2)C3(F)F)nn1. The van der Waals surface area contributed by atoms with Gasteiger partial charge in [-0.1, -0.05) is 5.21 Å². The van der Waals surface area contributed by atoms with Crippen LogP contribution >= 0.6 is 0 Å². The van der Waals surface area contributed by atoms with Crippen molar-refractivity contribution in [3.05, 3.63) is 47.4 Å². The van der Waals surface area contributed by atoms with Crippen molar-refractivity contribution in [3.8, 4) is 5.75 Å². The first-order valence-electron chi connectivity index (χ1n) is 10.4. The molecule has 2 aromatic heterocycles. The lowest BCUT2D eigenvalue weighted by molar-refractivity contribution is 0.0636. The van der Waals surface area contributed by atoms with E-state index < -0.39 is 17.8 Å². The predicted molar refractivity (Wildman–Crippen MR) is 104 cm³/mol. The fraction of sp³-hybridized carbons (Fsp3) is 0.500. The third kappa shape index (κ3) is 2.80. The number of pyridine rings is 1. The Bertz CT molecular complexity index is 1120. The summed E-state index contributed by atoms with van der Waals surface area (Å²) in [6.07, 6.45) is 5.24. The van der Waals surface area contributed by atoms with Gasteiger partial charge in [-0.3, -0.25) is 4.98 Å². The van der Waals surface area contributed by atoms with E-state index in [2.05, 4.69) is 15.3 Å². The smallest absolute Gasteiger partial charge is 0.254 e. The highest BCUT2D eigenvalue weighted by molar-refractivity contribution is 5.84. The normalized spacial score (nSPS) is 27.5. The van der Waals surface area contributed by atoms with Gasteiger partial charge in [0.15, 0.2) is 0 Å². The Labute approximate surface area is 172 Å². The van der Waals surface area contributed by atoms with Crippen LogP contribution in [0.5, 0.6) is 5.75 Å². The van der Waals surface area contributed by atoms with E-state index in [1.165, 1.54) is 5.56 Å². The van der Waals surface area contributed by atoms with Crippen molar-refractivity contribution in [3.63, 3.8) is 0 Å². The van der Waals surface area contributed by atoms with Crippen LogP contribution in [0.25, 0.3) is 10.9 Å². The molecule has 0 saturated heterocycles. The van der Waals surface area contributed by atoms with Crippen molar-refractivity contribution in [1.82, 2.24) is 20.0 Å². The first-order valence-corrected chi connectivity index (χ1v) is 10.4. The van der Waals surface area contributed by atoms with Crippen LogP contribution in [0.4, 0.5) is 8.78 Å². The lowest BCUT2D eigenvalue weighted by atomic mass is 10.00. The van der Waals surface area contributed by atoms with Crippen LogP contribution in [0.3, 0.4) is 0 Å². The zero-order chi connectivity index (χ0) is 20.5. The minimum Gasteiger partial charge on any atom is -0.484 e. The third-order valence-electron chi connectivity index (χ3n) is 6.84. The molecule has 3 aromatic rings. The van der Waals surface area contributed by atoms with Crippen LogP contribution in [-0.2, 0) is 17.8 Å². The number of aromatic nitrogens is 4. The molecule has 2 aliphatic carbocycles. The van der Waals surface area contributed by atoms with E-state index >= 15 is 0 Å². The lowest BCUT2D eigenvalue weighted by Crippen LogP contribution is -2.13. The van der Waals surface area contributed by atoms with Gasteiger partial charge in [0.25, 0.3) is 5.92 Å². The second-order valence-electron chi connectivity index (χ2n) is 8.64. The van der Waals surface area contributed by atoms with E-state index in [1.807, 2.05) is 37.5 Å². The van der Waals surface area contributed by atoms with Gasteiger partial charge in [-0.2, -0.15) is 0 Å². The number of benzene rings is 1. The summed E-state index contributed by atoms with van der Waals surface area (Å²) in [5.74, 6) is -2.68. The highest BCUT2D eigenvalue weighted by Gasteiger charge is 2.71. The van der Waals surface area contributed by atoms with Crippen LogP contribution in [0.2, 0.25) is 0 Å². The Balaban J connectivity index is 1.20. The Hall–Kier alpha value is -2.61. The molecule has 0 amide bonds. The van der Waals surface area contributed by atoms with E-state index in [-0.39, 0.29) is 12.1 Å². The van der Waals surface area contributed by atoms with Gasteiger partial charge in [-0.15, -0.1) is 5.10 Å². The molecular weight excluding hydrogens is 390 g/mol. The van der Waals surface area contributed by atoms with Crippen molar-refractivity contribution in [2.45, 2.75) is 50.9 Å². The highest BCUT2D eigenvalue weighted by atomic mass is 19.3. The molecule has 30 heavy (non-hydrogen) atoms. The molecule has 0 bridgehead atoms. The van der Waals surface area contributed by atoms with E-state index in [9.17, 15) is 8.78 Å². The average Bonchev–Trinajstić information content (AvgIpc) is 3.21. The summed E-state index contributed by atoms with van der Waals surface area (Å²) < 4.78 is 40.3. The molecule has 1 unspecified atom stereocenters. The maximum absolute atomic E-state index is 13.4. The summed E-state index contributed by atoms with van der Waals surface area (Å²) in [5, 5.41) is 9.52. The Morgan fingerprint density at radius 1 is 1.27 bits per heavy atom. The lowest BCUT2D eigenvalue weighted by Gasteiger charge is -2.19. The van der Waals surface area contributed by atoms with Gasteiger partial charge in [-0.25, -0.2) is 13.5 Å². The number of fused-ring (bicyclic) bond motifs is 4. The molecule has 3 heterocycles. The largest absolute Gasteiger partial charge is 0.484 e. The van der Waals surface area contributed by atoms with Crippen molar-refractivity contribution < 1.29 is 18.3 Å². The summed E-state index contributed by atoms with van der Waals surface area (Å²) in [5.41, 5.74) is 4.04.